The van der Waals surface area contributed by atoms with Gasteiger partial charge in [-0.15, -0.1) is 0 Å². The molecule has 2 aromatic heterocycles. The lowest BCUT2D eigenvalue weighted by Crippen LogP contribution is -2.21. The second-order valence-corrected chi connectivity index (χ2v) is 4.95. The molecule has 0 N–H and O–H groups in total. The molecular formula is C16H15FN2O2. The lowest BCUT2D eigenvalue weighted by Gasteiger charge is -2.08. The molecule has 0 amide bonds. The Kier molecular flexibility index (Phi) is 3.25. The van der Waals surface area contributed by atoms with Gasteiger partial charge in [-0.25, -0.2) is 4.39 Å². The van der Waals surface area contributed by atoms with Crippen LogP contribution >= 0.6 is 0 Å². The third-order valence-corrected chi connectivity index (χ3v) is 3.57. The standard InChI is InChI=1S/C16H15FN2O2/c1-18-7-5-12-6-8-19(16(20)15(12)18)10-11-3-4-14(21-2)13(17)9-11/h3-9H,10H2,1-2H3. The van der Waals surface area contributed by atoms with Crippen molar-refractivity contribution in [3.05, 3.63) is 64.5 Å². The summed E-state index contributed by atoms with van der Waals surface area (Å²) in [6.07, 6.45) is 3.58. The van der Waals surface area contributed by atoms with Crippen molar-refractivity contribution >= 4 is 10.9 Å². The fourth-order valence-corrected chi connectivity index (χ4v) is 2.46. The molecule has 0 saturated heterocycles. The molecule has 0 unspecified atom stereocenters. The van der Waals surface area contributed by atoms with Crippen LogP contribution < -0.4 is 10.3 Å². The summed E-state index contributed by atoms with van der Waals surface area (Å²) in [6, 6.07) is 8.49. The summed E-state index contributed by atoms with van der Waals surface area (Å²) in [5.74, 6) is -0.230. The van der Waals surface area contributed by atoms with E-state index >= 15 is 0 Å². The highest BCUT2D eigenvalue weighted by Crippen LogP contribution is 2.18. The van der Waals surface area contributed by atoms with Gasteiger partial charge in [-0.3, -0.25) is 4.79 Å². The van der Waals surface area contributed by atoms with Crippen molar-refractivity contribution in [1.82, 2.24) is 9.13 Å². The Morgan fingerprint density at radius 3 is 2.67 bits per heavy atom. The molecule has 1 aromatic carbocycles. The van der Waals surface area contributed by atoms with Gasteiger partial charge in [0.1, 0.15) is 5.52 Å². The molecule has 0 atom stereocenters. The number of benzene rings is 1. The number of pyridine rings is 1. The van der Waals surface area contributed by atoms with E-state index in [-0.39, 0.29) is 11.3 Å². The van der Waals surface area contributed by atoms with Gasteiger partial charge in [0.25, 0.3) is 5.56 Å². The minimum Gasteiger partial charge on any atom is -0.494 e. The van der Waals surface area contributed by atoms with Crippen LogP contribution in [0.3, 0.4) is 0 Å². The molecule has 0 aliphatic heterocycles. The number of methoxy groups -OCH3 is 1. The number of aryl methyl sites for hydroxylation is 1. The zero-order chi connectivity index (χ0) is 15.0. The Hall–Kier alpha value is -2.56. The number of hydrogen-bond acceptors (Lipinski definition) is 2. The molecule has 0 fully saturated rings. The lowest BCUT2D eigenvalue weighted by atomic mass is 10.2. The highest BCUT2D eigenvalue weighted by Gasteiger charge is 2.08. The fraction of sp³-hybridized carbons (Fsp3) is 0.188. The summed E-state index contributed by atoms with van der Waals surface area (Å²) < 4.78 is 22.0. The molecule has 4 nitrogen and oxygen atoms in total. The quantitative estimate of drug-likeness (QED) is 0.742. The molecule has 21 heavy (non-hydrogen) atoms. The first-order chi connectivity index (χ1) is 10.1. The maximum absolute atomic E-state index is 13.7. The molecule has 0 bridgehead atoms. The summed E-state index contributed by atoms with van der Waals surface area (Å²) in [5.41, 5.74) is 1.27. The first kappa shape index (κ1) is 13.4. The van der Waals surface area contributed by atoms with E-state index in [1.165, 1.54) is 13.2 Å². The van der Waals surface area contributed by atoms with E-state index in [2.05, 4.69) is 0 Å². The number of aromatic nitrogens is 2. The number of ether oxygens (including phenoxy) is 1. The largest absolute Gasteiger partial charge is 0.494 e. The van der Waals surface area contributed by atoms with Crippen LogP contribution in [-0.2, 0) is 13.6 Å². The number of halogens is 1. The van der Waals surface area contributed by atoms with Gasteiger partial charge in [0.15, 0.2) is 11.6 Å². The van der Waals surface area contributed by atoms with E-state index in [9.17, 15) is 9.18 Å². The van der Waals surface area contributed by atoms with Gasteiger partial charge in [-0.05, 0) is 29.8 Å². The van der Waals surface area contributed by atoms with Crippen molar-refractivity contribution in [2.45, 2.75) is 6.54 Å². The molecule has 0 saturated carbocycles. The molecule has 2 heterocycles. The highest BCUT2D eigenvalue weighted by atomic mass is 19.1. The summed E-state index contributed by atoms with van der Waals surface area (Å²) in [4.78, 5) is 12.4. The van der Waals surface area contributed by atoms with E-state index in [1.54, 1.807) is 27.5 Å². The van der Waals surface area contributed by atoms with Crippen LogP contribution in [0.1, 0.15) is 5.56 Å². The van der Waals surface area contributed by atoms with Crippen molar-refractivity contribution in [2.75, 3.05) is 7.11 Å². The molecule has 5 heteroatoms. The fourth-order valence-electron chi connectivity index (χ4n) is 2.46. The van der Waals surface area contributed by atoms with Crippen LogP contribution in [-0.4, -0.2) is 16.2 Å². The van der Waals surface area contributed by atoms with E-state index in [1.807, 2.05) is 25.4 Å². The minimum atomic E-state index is -0.428. The zero-order valence-electron chi connectivity index (χ0n) is 11.8. The summed E-state index contributed by atoms with van der Waals surface area (Å²) in [6.45, 7) is 0.320. The Morgan fingerprint density at radius 1 is 1.19 bits per heavy atom. The third-order valence-electron chi connectivity index (χ3n) is 3.57. The monoisotopic (exact) mass is 286 g/mol. The average Bonchev–Trinajstić information content (AvgIpc) is 2.84. The first-order valence-electron chi connectivity index (χ1n) is 6.57. The van der Waals surface area contributed by atoms with Crippen LogP contribution in [0, 0.1) is 5.82 Å². The highest BCUT2D eigenvalue weighted by molar-refractivity contribution is 5.78. The Balaban J connectivity index is 2.02. The number of nitrogens with zero attached hydrogens (tertiary/aromatic N) is 2. The van der Waals surface area contributed by atoms with Crippen LogP contribution in [0.2, 0.25) is 0 Å². The summed E-state index contributed by atoms with van der Waals surface area (Å²) in [7, 11) is 3.26. The van der Waals surface area contributed by atoms with Gasteiger partial charge >= 0.3 is 0 Å². The minimum absolute atomic E-state index is 0.0868. The lowest BCUT2D eigenvalue weighted by molar-refractivity contribution is 0.386. The normalized spacial score (nSPS) is 11.0. The van der Waals surface area contributed by atoms with Gasteiger partial charge in [0, 0.05) is 24.8 Å². The Bertz CT molecular complexity index is 864. The molecule has 0 aliphatic rings. The Labute approximate surface area is 121 Å². The topological polar surface area (TPSA) is 36.2 Å². The predicted octanol–water partition coefficient (Wildman–Crippen LogP) is 2.54. The zero-order valence-corrected chi connectivity index (χ0v) is 11.8. The van der Waals surface area contributed by atoms with E-state index in [0.717, 1.165) is 5.39 Å². The molecule has 0 aliphatic carbocycles. The molecule has 108 valence electrons. The van der Waals surface area contributed by atoms with Crippen molar-refractivity contribution in [1.29, 1.82) is 0 Å². The van der Waals surface area contributed by atoms with E-state index < -0.39 is 5.82 Å². The van der Waals surface area contributed by atoms with Gasteiger partial charge < -0.3 is 13.9 Å². The average molecular weight is 286 g/mol. The summed E-state index contributed by atoms with van der Waals surface area (Å²) in [5, 5.41) is 0.902. The number of hydrogen-bond donors (Lipinski definition) is 0. The van der Waals surface area contributed by atoms with Crippen molar-refractivity contribution in [2.24, 2.45) is 7.05 Å². The first-order valence-corrected chi connectivity index (χ1v) is 6.57. The van der Waals surface area contributed by atoms with Crippen LogP contribution in [0.15, 0.2) is 47.5 Å². The van der Waals surface area contributed by atoms with Gasteiger partial charge in [0.2, 0.25) is 0 Å². The van der Waals surface area contributed by atoms with Crippen molar-refractivity contribution in [3.8, 4) is 5.75 Å². The molecular weight excluding hydrogens is 271 g/mol. The van der Waals surface area contributed by atoms with Gasteiger partial charge in [-0.1, -0.05) is 6.07 Å². The molecule has 3 aromatic rings. The van der Waals surface area contributed by atoms with Crippen LogP contribution in [0.5, 0.6) is 5.75 Å². The maximum Gasteiger partial charge on any atom is 0.275 e. The number of fused-ring (bicyclic) bond motifs is 1. The Morgan fingerprint density at radius 2 is 1.95 bits per heavy atom. The SMILES string of the molecule is COc1ccc(Cn2ccc3ccn(C)c3c2=O)cc1F. The van der Waals surface area contributed by atoms with Crippen LogP contribution in [0.25, 0.3) is 10.9 Å². The van der Waals surface area contributed by atoms with Gasteiger partial charge in [0.05, 0.1) is 13.7 Å². The second kappa shape index (κ2) is 5.09. The van der Waals surface area contributed by atoms with Crippen molar-refractivity contribution < 1.29 is 9.13 Å². The smallest absolute Gasteiger partial charge is 0.275 e. The van der Waals surface area contributed by atoms with Gasteiger partial charge in [-0.2, -0.15) is 0 Å². The maximum atomic E-state index is 13.7. The van der Waals surface area contributed by atoms with Crippen molar-refractivity contribution in [3.63, 3.8) is 0 Å². The van der Waals surface area contributed by atoms with E-state index in [4.69, 9.17) is 4.74 Å². The molecule has 0 spiro atoms. The number of rotatable bonds is 3. The van der Waals surface area contributed by atoms with E-state index in [0.29, 0.717) is 17.6 Å². The molecule has 3 rings (SSSR count). The van der Waals surface area contributed by atoms with Crippen LogP contribution in [0.4, 0.5) is 4.39 Å². The predicted molar refractivity (Wildman–Crippen MR) is 79.2 cm³/mol. The second-order valence-electron chi connectivity index (χ2n) is 4.95. The summed E-state index contributed by atoms with van der Waals surface area (Å²) >= 11 is 0. The third kappa shape index (κ3) is 2.31. The molecule has 0 radical (unpaired) electrons.